The summed E-state index contributed by atoms with van der Waals surface area (Å²) < 4.78 is 1.18. The van der Waals surface area contributed by atoms with Gasteiger partial charge in [-0.2, -0.15) is 11.8 Å². The first-order chi connectivity index (χ1) is 8.81. The number of aliphatic hydroxyl groups excluding tert-OH is 1. The third-order valence-electron chi connectivity index (χ3n) is 3.27. The van der Waals surface area contributed by atoms with Crippen LogP contribution in [0.1, 0.15) is 30.0 Å². The lowest BCUT2D eigenvalue weighted by Gasteiger charge is -2.13. The van der Waals surface area contributed by atoms with Crippen molar-refractivity contribution in [2.24, 2.45) is 0 Å². The maximum atomic E-state index is 8.69. The number of aryl methyl sites for hydroxylation is 1. The summed E-state index contributed by atoms with van der Waals surface area (Å²) >= 11 is 5.44. The fraction of sp³-hybridized carbons (Fsp3) is 0.571. The minimum atomic E-state index is 0.311. The molecule has 1 aliphatic carbocycles. The van der Waals surface area contributed by atoms with E-state index in [0.717, 1.165) is 24.5 Å². The van der Waals surface area contributed by atoms with Gasteiger partial charge in [-0.25, -0.2) is 0 Å². The fourth-order valence-corrected chi connectivity index (χ4v) is 3.58. The molecule has 0 saturated heterocycles. The predicted molar refractivity (Wildman–Crippen MR) is 82.2 cm³/mol. The van der Waals surface area contributed by atoms with E-state index < -0.39 is 0 Å². The maximum absolute atomic E-state index is 8.69. The Morgan fingerprint density at radius 1 is 1.39 bits per heavy atom. The van der Waals surface area contributed by atoms with Gasteiger partial charge >= 0.3 is 0 Å². The van der Waals surface area contributed by atoms with Crippen LogP contribution in [0.4, 0.5) is 0 Å². The van der Waals surface area contributed by atoms with Crippen LogP contribution in [0.3, 0.4) is 0 Å². The molecule has 18 heavy (non-hydrogen) atoms. The van der Waals surface area contributed by atoms with E-state index in [4.69, 9.17) is 5.11 Å². The van der Waals surface area contributed by atoms with Crippen LogP contribution in [-0.4, -0.2) is 29.8 Å². The Balaban J connectivity index is 1.73. The number of benzene rings is 1. The van der Waals surface area contributed by atoms with Gasteiger partial charge in [0.25, 0.3) is 0 Å². The molecule has 1 aromatic rings. The zero-order valence-corrected chi connectivity index (χ0v) is 12.9. The largest absolute Gasteiger partial charge is 0.396 e. The van der Waals surface area contributed by atoms with Crippen LogP contribution >= 0.6 is 27.7 Å². The van der Waals surface area contributed by atoms with Crippen LogP contribution < -0.4 is 5.32 Å². The SMILES string of the molecule is OCCCSCCNC1CCc2cc(Br)ccc21. The van der Waals surface area contributed by atoms with E-state index in [9.17, 15) is 0 Å². The second-order valence-corrected chi connectivity index (χ2v) is 6.72. The van der Waals surface area contributed by atoms with E-state index in [2.05, 4.69) is 39.4 Å². The first kappa shape index (κ1) is 14.4. The molecule has 0 radical (unpaired) electrons. The molecule has 0 aromatic heterocycles. The quantitative estimate of drug-likeness (QED) is 0.754. The van der Waals surface area contributed by atoms with Crippen molar-refractivity contribution in [2.75, 3.05) is 24.7 Å². The van der Waals surface area contributed by atoms with Crippen molar-refractivity contribution >= 4 is 27.7 Å². The van der Waals surface area contributed by atoms with Gasteiger partial charge in [0, 0.05) is 29.4 Å². The molecule has 1 aromatic carbocycles. The number of thioether (sulfide) groups is 1. The molecule has 100 valence electrons. The summed E-state index contributed by atoms with van der Waals surface area (Å²) in [5, 5.41) is 12.3. The van der Waals surface area contributed by atoms with Crippen LogP contribution in [0, 0.1) is 0 Å². The van der Waals surface area contributed by atoms with Gasteiger partial charge in [-0.3, -0.25) is 0 Å². The molecule has 0 saturated carbocycles. The number of hydrogen-bond donors (Lipinski definition) is 2. The molecular weight excluding hydrogens is 310 g/mol. The Hall–Kier alpha value is -0.0300. The molecule has 2 nitrogen and oxygen atoms in total. The van der Waals surface area contributed by atoms with Gasteiger partial charge in [-0.1, -0.05) is 22.0 Å². The topological polar surface area (TPSA) is 32.3 Å². The minimum Gasteiger partial charge on any atom is -0.396 e. The van der Waals surface area contributed by atoms with E-state index in [1.54, 1.807) is 0 Å². The third-order valence-corrected chi connectivity index (χ3v) is 4.83. The number of fused-ring (bicyclic) bond motifs is 1. The van der Waals surface area contributed by atoms with Gasteiger partial charge in [-0.15, -0.1) is 0 Å². The van der Waals surface area contributed by atoms with Crippen molar-refractivity contribution in [1.29, 1.82) is 0 Å². The first-order valence-corrected chi connectivity index (χ1v) is 8.46. The summed E-state index contributed by atoms with van der Waals surface area (Å²) in [5.74, 6) is 2.19. The Kier molecular flexibility index (Phi) is 6.02. The van der Waals surface area contributed by atoms with Crippen molar-refractivity contribution in [2.45, 2.75) is 25.3 Å². The number of hydrogen-bond acceptors (Lipinski definition) is 3. The molecule has 0 spiro atoms. The highest BCUT2D eigenvalue weighted by molar-refractivity contribution is 9.10. The van der Waals surface area contributed by atoms with Gasteiger partial charge < -0.3 is 10.4 Å². The summed E-state index contributed by atoms with van der Waals surface area (Å²) in [7, 11) is 0. The second kappa shape index (κ2) is 7.53. The Labute approximate surface area is 122 Å². The average molecular weight is 330 g/mol. The van der Waals surface area contributed by atoms with Gasteiger partial charge in [-0.05, 0) is 48.3 Å². The highest BCUT2D eigenvalue weighted by atomic mass is 79.9. The molecular formula is C14H20BrNOS. The lowest BCUT2D eigenvalue weighted by molar-refractivity contribution is 0.296. The highest BCUT2D eigenvalue weighted by Crippen LogP contribution is 2.32. The molecule has 1 atom stereocenters. The number of aliphatic hydroxyl groups is 1. The fourth-order valence-electron chi connectivity index (χ4n) is 2.37. The zero-order valence-electron chi connectivity index (χ0n) is 10.5. The average Bonchev–Trinajstić information content (AvgIpc) is 2.76. The van der Waals surface area contributed by atoms with E-state index in [1.165, 1.54) is 28.4 Å². The summed E-state index contributed by atoms with van der Waals surface area (Å²) in [4.78, 5) is 0. The molecule has 2 rings (SSSR count). The van der Waals surface area contributed by atoms with Crippen molar-refractivity contribution < 1.29 is 5.11 Å². The van der Waals surface area contributed by atoms with Gasteiger partial charge in [0.05, 0.1) is 0 Å². The number of halogens is 1. The Morgan fingerprint density at radius 3 is 3.11 bits per heavy atom. The van der Waals surface area contributed by atoms with Crippen molar-refractivity contribution in [3.63, 3.8) is 0 Å². The van der Waals surface area contributed by atoms with Crippen molar-refractivity contribution in [1.82, 2.24) is 5.32 Å². The summed E-state index contributed by atoms with van der Waals surface area (Å²) in [5.41, 5.74) is 2.95. The molecule has 2 N–H and O–H groups in total. The molecule has 0 heterocycles. The summed E-state index contributed by atoms with van der Waals surface area (Å²) in [6, 6.07) is 7.15. The van der Waals surface area contributed by atoms with Crippen molar-refractivity contribution in [3.8, 4) is 0 Å². The number of nitrogens with one attached hydrogen (secondary N) is 1. The molecule has 4 heteroatoms. The molecule has 0 amide bonds. The Morgan fingerprint density at radius 2 is 2.28 bits per heavy atom. The second-order valence-electron chi connectivity index (χ2n) is 4.58. The highest BCUT2D eigenvalue weighted by Gasteiger charge is 2.21. The molecule has 0 aliphatic heterocycles. The maximum Gasteiger partial charge on any atom is 0.0438 e. The standard InChI is InChI=1S/C14H20BrNOS/c15-12-3-4-13-11(10-12)2-5-14(13)16-6-9-18-8-1-7-17/h3-4,10,14,16-17H,1-2,5-9H2. The predicted octanol–water partition coefficient (Wildman–Crippen LogP) is 3.14. The summed E-state index contributed by atoms with van der Waals surface area (Å²) in [6.07, 6.45) is 3.31. The van der Waals surface area contributed by atoms with Gasteiger partial charge in [0.2, 0.25) is 0 Å². The first-order valence-electron chi connectivity index (χ1n) is 6.51. The van der Waals surface area contributed by atoms with E-state index in [0.29, 0.717) is 12.6 Å². The molecule has 1 aliphatic rings. The third kappa shape index (κ3) is 3.98. The lowest BCUT2D eigenvalue weighted by atomic mass is 10.1. The normalized spacial score (nSPS) is 18.0. The molecule has 1 unspecified atom stereocenters. The monoisotopic (exact) mass is 329 g/mol. The van der Waals surface area contributed by atoms with Crippen LogP contribution in [0.2, 0.25) is 0 Å². The smallest absolute Gasteiger partial charge is 0.0438 e. The lowest BCUT2D eigenvalue weighted by Crippen LogP contribution is -2.22. The van der Waals surface area contributed by atoms with Crippen LogP contribution in [0.5, 0.6) is 0 Å². The summed E-state index contributed by atoms with van der Waals surface area (Å²) in [6.45, 7) is 1.36. The zero-order chi connectivity index (χ0) is 12.8. The van der Waals surface area contributed by atoms with Gasteiger partial charge in [0.1, 0.15) is 0 Å². The minimum absolute atomic E-state index is 0.311. The van der Waals surface area contributed by atoms with Crippen LogP contribution in [-0.2, 0) is 6.42 Å². The van der Waals surface area contributed by atoms with Crippen LogP contribution in [0.15, 0.2) is 22.7 Å². The Bertz CT molecular complexity index is 386. The van der Waals surface area contributed by atoms with E-state index in [1.807, 2.05) is 11.8 Å². The molecule has 0 fully saturated rings. The number of rotatable bonds is 7. The van der Waals surface area contributed by atoms with E-state index >= 15 is 0 Å². The van der Waals surface area contributed by atoms with Crippen molar-refractivity contribution in [3.05, 3.63) is 33.8 Å². The van der Waals surface area contributed by atoms with Crippen LogP contribution in [0.25, 0.3) is 0 Å². The molecule has 0 bridgehead atoms. The van der Waals surface area contributed by atoms with Gasteiger partial charge in [0.15, 0.2) is 0 Å². The van der Waals surface area contributed by atoms with E-state index in [-0.39, 0.29) is 0 Å².